The van der Waals surface area contributed by atoms with Crippen molar-refractivity contribution in [1.29, 1.82) is 0 Å². The lowest BCUT2D eigenvalue weighted by molar-refractivity contribution is 0.240. The molecule has 0 spiro atoms. The van der Waals surface area contributed by atoms with Crippen LogP contribution in [0.2, 0.25) is 0 Å². The summed E-state index contributed by atoms with van der Waals surface area (Å²) in [4.78, 5) is 0. The highest BCUT2D eigenvalue weighted by molar-refractivity contribution is 5.84. The molecule has 0 unspecified atom stereocenters. The van der Waals surface area contributed by atoms with Crippen LogP contribution in [0.15, 0.2) is 5.16 Å². The van der Waals surface area contributed by atoms with Crippen molar-refractivity contribution in [3.05, 3.63) is 0 Å². The molecule has 0 aliphatic heterocycles. The van der Waals surface area contributed by atoms with Crippen molar-refractivity contribution in [2.75, 3.05) is 0 Å². The molecule has 0 bridgehead atoms. The smallest absolute Gasteiger partial charge is 0.0571 e. The van der Waals surface area contributed by atoms with Crippen molar-refractivity contribution in [3.63, 3.8) is 0 Å². The lowest BCUT2D eigenvalue weighted by atomic mass is 9.75. The Bertz CT molecular complexity index is 253. The molecule has 0 saturated heterocycles. The second kappa shape index (κ2) is 12.1. The highest BCUT2D eigenvalue weighted by Gasteiger charge is 2.25. The van der Waals surface area contributed by atoms with Gasteiger partial charge in [0.1, 0.15) is 0 Å². The molecule has 0 aromatic carbocycles. The minimum absolute atomic E-state index is 0.888. The molecule has 0 aromatic rings. The number of nitrogens with zero attached hydrogens (tertiary/aromatic N) is 1. The van der Waals surface area contributed by atoms with E-state index in [4.69, 9.17) is 5.21 Å². The first-order valence-corrected chi connectivity index (χ1v) is 9.51. The molecule has 0 heterocycles. The standard InChI is InChI=1S/C19H37NO/c1-3-5-7-9-11-17(12-10-8-6-4-2)18-13-15-19(20-21)16-14-18/h17-18,21H,3-16H2,1-2H3. The van der Waals surface area contributed by atoms with Crippen LogP contribution in [0.5, 0.6) is 0 Å². The quantitative estimate of drug-likeness (QED) is 0.261. The summed E-state index contributed by atoms with van der Waals surface area (Å²) >= 11 is 0. The van der Waals surface area contributed by atoms with Crippen molar-refractivity contribution in [2.24, 2.45) is 17.0 Å². The van der Waals surface area contributed by atoms with E-state index in [9.17, 15) is 0 Å². The molecule has 0 aromatic heterocycles. The molecule has 2 heteroatoms. The molecule has 1 saturated carbocycles. The minimum atomic E-state index is 0.888. The van der Waals surface area contributed by atoms with Crippen molar-refractivity contribution >= 4 is 5.71 Å². The van der Waals surface area contributed by atoms with Gasteiger partial charge in [-0.15, -0.1) is 0 Å². The Morgan fingerprint density at radius 3 is 1.86 bits per heavy atom. The summed E-state index contributed by atoms with van der Waals surface area (Å²) in [6.45, 7) is 4.58. The van der Waals surface area contributed by atoms with E-state index >= 15 is 0 Å². The average molecular weight is 296 g/mol. The third-order valence-corrected chi connectivity index (χ3v) is 5.27. The molecule has 1 aliphatic carbocycles. The van der Waals surface area contributed by atoms with E-state index in [0.29, 0.717) is 0 Å². The van der Waals surface area contributed by atoms with Gasteiger partial charge in [-0.2, -0.15) is 0 Å². The van der Waals surface area contributed by atoms with E-state index in [0.717, 1.165) is 30.4 Å². The van der Waals surface area contributed by atoms with Crippen LogP contribution < -0.4 is 0 Å². The van der Waals surface area contributed by atoms with Gasteiger partial charge >= 0.3 is 0 Å². The van der Waals surface area contributed by atoms with Crippen LogP contribution >= 0.6 is 0 Å². The molecule has 2 nitrogen and oxygen atoms in total. The van der Waals surface area contributed by atoms with Crippen molar-refractivity contribution < 1.29 is 5.21 Å². The van der Waals surface area contributed by atoms with Gasteiger partial charge in [-0.25, -0.2) is 0 Å². The van der Waals surface area contributed by atoms with Gasteiger partial charge in [0.15, 0.2) is 0 Å². The zero-order valence-corrected chi connectivity index (χ0v) is 14.4. The number of unbranched alkanes of at least 4 members (excludes halogenated alkanes) is 6. The maximum Gasteiger partial charge on any atom is 0.0571 e. The van der Waals surface area contributed by atoms with Gasteiger partial charge in [0.05, 0.1) is 5.71 Å². The third-order valence-electron chi connectivity index (χ3n) is 5.27. The SMILES string of the molecule is CCCCCCC(CCCCCC)C1CCC(=NO)CC1. The summed E-state index contributed by atoms with van der Waals surface area (Å²) in [5.74, 6) is 1.82. The fraction of sp³-hybridized carbons (Fsp3) is 0.947. The van der Waals surface area contributed by atoms with Crippen LogP contribution in [0.25, 0.3) is 0 Å². The zero-order valence-electron chi connectivity index (χ0n) is 14.4. The molecular formula is C19H37NO. The molecular weight excluding hydrogens is 258 g/mol. The predicted molar refractivity (Wildman–Crippen MR) is 92.2 cm³/mol. The summed E-state index contributed by atoms with van der Waals surface area (Å²) in [5.41, 5.74) is 1.03. The number of hydrogen-bond donors (Lipinski definition) is 1. The summed E-state index contributed by atoms with van der Waals surface area (Å²) in [7, 11) is 0. The van der Waals surface area contributed by atoms with Crippen LogP contribution in [0, 0.1) is 11.8 Å². The number of rotatable bonds is 11. The topological polar surface area (TPSA) is 32.6 Å². The third kappa shape index (κ3) is 7.87. The fourth-order valence-electron chi connectivity index (χ4n) is 3.83. The van der Waals surface area contributed by atoms with Gasteiger partial charge in [-0.3, -0.25) is 0 Å². The first kappa shape index (κ1) is 18.5. The highest BCUT2D eigenvalue weighted by atomic mass is 16.4. The second-order valence-corrected chi connectivity index (χ2v) is 6.96. The largest absolute Gasteiger partial charge is 0.411 e. The van der Waals surface area contributed by atoms with E-state index in [1.807, 2.05) is 0 Å². The van der Waals surface area contributed by atoms with Crippen LogP contribution in [0.4, 0.5) is 0 Å². The van der Waals surface area contributed by atoms with E-state index in [1.165, 1.54) is 77.0 Å². The first-order valence-electron chi connectivity index (χ1n) is 9.51. The van der Waals surface area contributed by atoms with Gasteiger partial charge in [-0.1, -0.05) is 83.2 Å². The summed E-state index contributed by atoms with van der Waals surface area (Å²) in [6, 6.07) is 0. The summed E-state index contributed by atoms with van der Waals surface area (Å²) in [6.07, 6.45) is 18.6. The zero-order chi connectivity index (χ0) is 15.3. The Balaban J connectivity index is 2.35. The van der Waals surface area contributed by atoms with Gasteiger partial charge in [0, 0.05) is 0 Å². The molecule has 1 rings (SSSR count). The molecule has 0 atom stereocenters. The molecule has 0 radical (unpaired) electrons. The van der Waals surface area contributed by atoms with E-state index in [2.05, 4.69) is 19.0 Å². The summed E-state index contributed by atoms with van der Waals surface area (Å²) in [5, 5.41) is 12.3. The molecule has 1 fully saturated rings. The van der Waals surface area contributed by atoms with Crippen molar-refractivity contribution in [1.82, 2.24) is 0 Å². The van der Waals surface area contributed by atoms with E-state index < -0.39 is 0 Å². The molecule has 124 valence electrons. The molecule has 21 heavy (non-hydrogen) atoms. The minimum Gasteiger partial charge on any atom is -0.411 e. The fourth-order valence-corrected chi connectivity index (χ4v) is 3.83. The van der Waals surface area contributed by atoms with E-state index in [1.54, 1.807) is 0 Å². The highest BCUT2D eigenvalue weighted by Crippen LogP contribution is 2.35. The predicted octanol–water partition coefficient (Wildman–Crippen LogP) is 6.56. The van der Waals surface area contributed by atoms with Crippen LogP contribution in [0.1, 0.15) is 104 Å². The monoisotopic (exact) mass is 295 g/mol. The maximum absolute atomic E-state index is 8.90. The van der Waals surface area contributed by atoms with Crippen molar-refractivity contribution in [2.45, 2.75) is 104 Å². The van der Waals surface area contributed by atoms with Crippen molar-refractivity contribution in [3.8, 4) is 0 Å². The lowest BCUT2D eigenvalue weighted by Gasteiger charge is -2.31. The summed E-state index contributed by atoms with van der Waals surface area (Å²) < 4.78 is 0. The lowest BCUT2D eigenvalue weighted by Crippen LogP contribution is -2.22. The Labute approximate surface area is 132 Å². The van der Waals surface area contributed by atoms with Gasteiger partial charge in [-0.05, 0) is 37.5 Å². The van der Waals surface area contributed by atoms with Crippen LogP contribution in [0.3, 0.4) is 0 Å². The Kier molecular flexibility index (Phi) is 10.6. The van der Waals surface area contributed by atoms with Gasteiger partial charge in [0.2, 0.25) is 0 Å². The first-order chi connectivity index (χ1) is 10.3. The van der Waals surface area contributed by atoms with Gasteiger partial charge < -0.3 is 5.21 Å². The van der Waals surface area contributed by atoms with Crippen LogP contribution in [-0.2, 0) is 0 Å². The number of oxime groups is 1. The Morgan fingerprint density at radius 2 is 1.43 bits per heavy atom. The Hall–Kier alpha value is -0.530. The van der Waals surface area contributed by atoms with Crippen LogP contribution in [-0.4, -0.2) is 10.9 Å². The normalized spacial score (nSPS) is 19.2. The van der Waals surface area contributed by atoms with E-state index in [-0.39, 0.29) is 0 Å². The number of hydrogen-bond acceptors (Lipinski definition) is 2. The average Bonchev–Trinajstić information content (AvgIpc) is 2.53. The molecule has 1 N–H and O–H groups in total. The Morgan fingerprint density at radius 1 is 0.905 bits per heavy atom. The molecule has 1 aliphatic rings. The molecule has 0 amide bonds. The second-order valence-electron chi connectivity index (χ2n) is 6.96. The van der Waals surface area contributed by atoms with Gasteiger partial charge in [0.25, 0.3) is 0 Å². The maximum atomic E-state index is 8.90.